The van der Waals surface area contributed by atoms with Crippen LogP contribution in [-0.2, 0) is 7.05 Å². The molecule has 0 saturated carbocycles. The van der Waals surface area contributed by atoms with Crippen molar-refractivity contribution < 1.29 is 9.53 Å². The standard InChI is InChI=1S/C21H22N4O3/c1-14(2)28-17-6-4-16(5-7-17)19(26)13-23-21-24-18(12-20(27)25(21)3)15-8-10-22-11-9-15/h4-12,14H,13H2,1-3H3,(H,23,24). The number of pyridine rings is 1. The van der Waals surface area contributed by atoms with Crippen molar-refractivity contribution in [2.45, 2.75) is 20.0 Å². The summed E-state index contributed by atoms with van der Waals surface area (Å²) in [7, 11) is 1.61. The summed E-state index contributed by atoms with van der Waals surface area (Å²) >= 11 is 0. The molecule has 0 spiro atoms. The summed E-state index contributed by atoms with van der Waals surface area (Å²) in [5.41, 5.74) is 1.64. The van der Waals surface area contributed by atoms with E-state index in [4.69, 9.17) is 4.74 Å². The molecule has 0 saturated heterocycles. The first kappa shape index (κ1) is 19.3. The number of ketones is 1. The normalized spacial score (nSPS) is 10.7. The molecule has 3 rings (SSSR count). The van der Waals surface area contributed by atoms with Gasteiger partial charge in [0.2, 0.25) is 5.95 Å². The van der Waals surface area contributed by atoms with E-state index in [1.165, 1.54) is 10.6 Å². The van der Waals surface area contributed by atoms with Gasteiger partial charge in [-0.15, -0.1) is 0 Å². The lowest BCUT2D eigenvalue weighted by molar-refractivity contribution is 0.101. The van der Waals surface area contributed by atoms with Gasteiger partial charge in [0.15, 0.2) is 5.78 Å². The molecule has 28 heavy (non-hydrogen) atoms. The second kappa shape index (κ2) is 8.47. The summed E-state index contributed by atoms with van der Waals surface area (Å²) in [6.07, 6.45) is 3.35. The van der Waals surface area contributed by atoms with Gasteiger partial charge in [0, 0.05) is 36.6 Å². The maximum Gasteiger partial charge on any atom is 0.255 e. The second-order valence-corrected chi connectivity index (χ2v) is 6.57. The molecule has 1 N–H and O–H groups in total. The number of carbonyl (C=O) groups excluding carboxylic acids is 1. The molecular weight excluding hydrogens is 356 g/mol. The van der Waals surface area contributed by atoms with Crippen molar-refractivity contribution in [2.75, 3.05) is 11.9 Å². The highest BCUT2D eigenvalue weighted by molar-refractivity contribution is 5.98. The van der Waals surface area contributed by atoms with Crippen LogP contribution in [0.2, 0.25) is 0 Å². The van der Waals surface area contributed by atoms with E-state index in [1.807, 2.05) is 13.8 Å². The molecule has 0 aliphatic carbocycles. The van der Waals surface area contributed by atoms with Crippen LogP contribution in [0.1, 0.15) is 24.2 Å². The Kier molecular flexibility index (Phi) is 5.84. The van der Waals surface area contributed by atoms with Gasteiger partial charge in [-0.2, -0.15) is 0 Å². The van der Waals surface area contributed by atoms with Gasteiger partial charge in [0.25, 0.3) is 5.56 Å². The SMILES string of the molecule is CC(C)Oc1ccc(C(=O)CNc2nc(-c3ccncc3)cc(=O)n2C)cc1. The summed E-state index contributed by atoms with van der Waals surface area (Å²) < 4.78 is 6.96. The Morgan fingerprint density at radius 1 is 1.14 bits per heavy atom. The summed E-state index contributed by atoms with van der Waals surface area (Å²) in [5.74, 6) is 0.931. The summed E-state index contributed by atoms with van der Waals surface area (Å²) in [5, 5.41) is 2.96. The molecule has 3 aromatic rings. The smallest absolute Gasteiger partial charge is 0.255 e. The van der Waals surface area contributed by atoms with E-state index in [2.05, 4.69) is 15.3 Å². The van der Waals surface area contributed by atoms with Crippen LogP contribution in [0.5, 0.6) is 5.75 Å². The van der Waals surface area contributed by atoms with Gasteiger partial charge in [-0.25, -0.2) is 4.98 Å². The van der Waals surface area contributed by atoms with Crippen molar-refractivity contribution >= 4 is 11.7 Å². The van der Waals surface area contributed by atoms with E-state index in [-0.39, 0.29) is 24.0 Å². The van der Waals surface area contributed by atoms with Crippen LogP contribution >= 0.6 is 0 Å². The van der Waals surface area contributed by atoms with Crippen molar-refractivity contribution in [3.05, 3.63) is 70.8 Å². The van der Waals surface area contributed by atoms with Crippen LogP contribution in [0.15, 0.2) is 59.7 Å². The Morgan fingerprint density at radius 2 is 1.82 bits per heavy atom. The van der Waals surface area contributed by atoms with Crippen molar-refractivity contribution in [3.63, 3.8) is 0 Å². The van der Waals surface area contributed by atoms with Crippen LogP contribution in [0, 0.1) is 0 Å². The maximum atomic E-state index is 12.5. The third-order valence-electron chi connectivity index (χ3n) is 4.07. The van der Waals surface area contributed by atoms with Crippen molar-refractivity contribution in [3.8, 4) is 17.0 Å². The Balaban J connectivity index is 1.74. The monoisotopic (exact) mass is 378 g/mol. The van der Waals surface area contributed by atoms with Crippen LogP contribution in [0.4, 0.5) is 5.95 Å². The average molecular weight is 378 g/mol. The minimum absolute atomic E-state index is 0.0183. The van der Waals surface area contributed by atoms with E-state index in [0.29, 0.717) is 23.0 Å². The fraction of sp³-hybridized carbons (Fsp3) is 0.238. The Morgan fingerprint density at radius 3 is 2.46 bits per heavy atom. The molecule has 0 aliphatic rings. The van der Waals surface area contributed by atoms with Crippen molar-refractivity contribution in [2.24, 2.45) is 7.05 Å². The lowest BCUT2D eigenvalue weighted by atomic mass is 10.1. The number of anilines is 1. The van der Waals surface area contributed by atoms with Crippen molar-refractivity contribution in [1.82, 2.24) is 14.5 Å². The molecule has 0 bridgehead atoms. The van der Waals surface area contributed by atoms with E-state index in [9.17, 15) is 9.59 Å². The highest BCUT2D eigenvalue weighted by atomic mass is 16.5. The quantitative estimate of drug-likeness (QED) is 0.636. The Hall–Kier alpha value is -3.48. The zero-order valence-corrected chi connectivity index (χ0v) is 16.0. The minimum atomic E-state index is -0.216. The van der Waals surface area contributed by atoms with Gasteiger partial charge in [-0.3, -0.25) is 19.1 Å². The molecule has 0 aliphatic heterocycles. The van der Waals surface area contributed by atoms with E-state index in [1.54, 1.807) is 55.8 Å². The molecule has 2 heterocycles. The van der Waals surface area contributed by atoms with Gasteiger partial charge in [-0.05, 0) is 50.2 Å². The minimum Gasteiger partial charge on any atom is -0.491 e. The highest BCUT2D eigenvalue weighted by Gasteiger charge is 2.11. The van der Waals surface area contributed by atoms with Gasteiger partial charge in [0.1, 0.15) is 5.75 Å². The first-order valence-corrected chi connectivity index (χ1v) is 8.96. The van der Waals surface area contributed by atoms with Crippen LogP contribution < -0.4 is 15.6 Å². The van der Waals surface area contributed by atoms with Crippen LogP contribution in [0.3, 0.4) is 0 Å². The summed E-state index contributed by atoms with van der Waals surface area (Å²) in [6, 6.07) is 12.0. The second-order valence-electron chi connectivity index (χ2n) is 6.57. The van der Waals surface area contributed by atoms with E-state index >= 15 is 0 Å². The number of ether oxygens (including phenoxy) is 1. The number of rotatable bonds is 7. The number of hydrogen-bond donors (Lipinski definition) is 1. The molecule has 144 valence electrons. The largest absolute Gasteiger partial charge is 0.491 e. The first-order chi connectivity index (χ1) is 13.4. The molecular formula is C21H22N4O3. The zero-order valence-electron chi connectivity index (χ0n) is 16.0. The van der Waals surface area contributed by atoms with Gasteiger partial charge in [-0.1, -0.05) is 0 Å². The highest BCUT2D eigenvalue weighted by Crippen LogP contribution is 2.16. The number of carbonyl (C=O) groups is 1. The maximum absolute atomic E-state index is 12.5. The third-order valence-corrected chi connectivity index (χ3v) is 4.07. The number of aromatic nitrogens is 3. The molecule has 0 amide bonds. The fourth-order valence-corrected chi connectivity index (χ4v) is 2.62. The number of nitrogens with one attached hydrogen (secondary N) is 1. The Labute approximate surface area is 163 Å². The zero-order chi connectivity index (χ0) is 20.1. The van der Waals surface area contributed by atoms with E-state index < -0.39 is 0 Å². The molecule has 0 atom stereocenters. The number of hydrogen-bond acceptors (Lipinski definition) is 6. The van der Waals surface area contributed by atoms with Crippen molar-refractivity contribution in [1.29, 1.82) is 0 Å². The van der Waals surface area contributed by atoms with Gasteiger partial charge >= 0.3 is 0 Å². The molecule has 2 aromatic heterocycles. The summed E-state index contributed by atoms with van der Waals surface area (Å²) in [6.45, 7) is 3.91. The lowest BCUT2D eigenvalue weighted by Gasteiger charge is -2.12. The third kappa shape index (κ3) is 4.62. The predicted molar refractivity (Wildman–Crippen MR) is 108 cm³/mol. The molecule has 0 fully saturated rings. The number of benzene rings is 1. The van der Waals surface area contributed by atoms with Gasteiger partial charge in [0.05, 0.1) is 18.3 Å². The Bertz CT molecular complexity index is 1010. The average Bonchev–Trinajstić information content (AvgIpc) is 2.69. The first-order valence-electron chi connectivity index (χ1n) is 8.96. The number of nitrogens with zero attached hydrogens (tertiary/aromatic N) is 3. The fourth-order valence-electron chi connectivity index (χ4n) is 2.62. The van der Waals surface area contributed by atoms with Crippen LogP contribution in [0.25, 0.3) is 11.3 Å². The molecule has 7 heteroatoms. The molecule has 0 radical (unpaired) electrons. The van der Waals surface area contributed by atoms with Gasteiger partial charge < -0.3 is 10.1 Å². The molecule has 7 nitrogen and oxygen atoms in total. The summed E-state index contributed by atoms with van der Waals surface area (Å²) in [4.78, 5) is 33.2. The topological polar surface area (TPSA) is 86.1 Å². The predicted octanol–water partition coefficient (Wildman–Crippen LogP) is 2.92. The number of Topliss-reactive ketones (excluding diaryl/α,β-unsaturated/α-hetero) is 1. The lowest BCUT2D eigenvalue weighted by Crippen LogP contribution is -2.24. The molecule has 0 unspecified atom stereocenters. The molecule has 1 aromatic carbocycles. The van der Waals surface area contributed by atoms with E-state index in [0.717, 1.165) is 5.56 Å². The van der Waals surface area contributed by atoms with Crippen LogP contribution in [-0.4, -0.2) is 33.0 Å².